The van der Waals surface area contributed by atoms with E-state index >= 15 is 0 Å². The molecule has 0 aliphatic carbocycles. The SMILES string of the molecule is CCc1cccc(Nc2nccn2C(C)COC)c1. The summed E-state index contributed by atoms with van der Waals surface area (Å²) in [5.74, 6) is 0.845. The van der Waals surface area contributed by atoms with E-state index in [1.54, 1.807) is 13.3 Å². The predicted octanol–water partition coefficient (Wildman–Crippen LogP) is 3.40. The van der Waals surface area contributed by atoms with Crippen LogP contribution < -0.4 is 5.32 Å². The number of imidazole rings is 1. The predicted molar refractivity (Wildman–Crippen MR) is 77.9 cm³/mol. The maximum absolute atomic E-state index is 5.19. The highest BCUT2D eigenvalue weighted by atomic mass is 16.5. The van der Waals surface area contributed by atoms with Gasteiger partial charge in [-0.3, -0.25) is 0 Å². The number of hydrogen-bond donors (Lipinski definition) is 1. The summed E-state index contributed by atoms with van der Waals surface area (Å²) >= 11 is 0. The summed E-state index contributed by atoms with van der Waals surface area (Å²) < 4.78 is 7.28. The van der Waals surface area contributed by atoms with Gasteiger partial charge in [0.25, 0.3) is 0 Å². The molecule has 1 unspecified atom stereocenters. The fraction of sp³-hybridized carbons (Fsp3) is 0.400. The zero-order valence-electron chi connectivity index (χ0n) is 11.8. The highest BCUT2D eigenvalue weighted by molar-refractivity contribution is 5.54. The van der Waals surface area contributed by atoms with Crippen molar-refractivity contribution < 1.29 is 4.74 Å². The smallest absolute Gasteiger partial charge is 0.207 e. The van der Waals surface area contributed by atoms with Gasteiger partial charge in [0.2, 0.25) is 5.95 Å². The molecule has 0 radical (unpaired) electrons. The van der Waals surface area contributed by atoms with Gasteiger partial charge in [-0.2, -0.15) is 0 Å². The Hall–Kier alpha value is -1.81. The number of hydrogen-bond acceptors (Lipinski definition) is 3. The van der Waals surface area contributed by atoms with Gasteiger partial charge in [-0.25, -0.2) is 4.98 Å². The molecule has 1 aromatic heterocycles. The molecule has 2 rings (SSSR count). The largest absolute Gasteiger partial charge is 0.383 e. The van der Waals surface area contributed by atoms with Crippen molar-refractivity contribution in [2.45, 2.75) is 26.3 Å². The van der Waals surface area contributed by atoms with Crippen LogP contribution in [0.4, 0.5) is 11.6 Å². The van der Waals surface area contributed by atoms with Gasteiger partial charge in [-0.1, -0.05) is 19.1 Å². The van der Waals surface area contributed by atoms with E-state index in [4.69, 9.17) is 4.74 Å². The lowest BCUT2D eigenvalue weighted by atomic mass is 10.1. The molecular weight excluding hydrogens is 238 g/mol. The topological polar surface area (TPSA) is 39.1 Å². The molecule has 102 valence electrons. The van der Waals surface area contributed by atoms with Gasteiger partial charge in [0.1, 0.15) is 0 Å². The molecule has 0 spiro atoms. The first-order valence-electron chi connectivity index (χ1n) is 6.62. The molecule has 2 aromatic rings. The normalized spacial score (nSPS) is 12.4. The van der Waals surface area contributed by atoms with Gasteiger partial charge in [0.15, 0.2) is 0 Å². The van der Waals surface area contributed by atoms with Crippen molar-refractivity contribution in [3.63, 3.8) is 0 Å². The number of rotatable bonds is 6. The Morgan fingerprint density at radius 3 is 3.00 bits per heavy atom. The van der Waals surface area contributed by atoms with Gasteiger partial charge in [-0.05, 0) is 31.0 Å². The lowest BCUT2D eigenvalue weighted by Crippen LogP contribution is -2.12. The van der Waals surface area contributed by atoms with Crippen molar-refractivity contribution in [2.75, 3.05) is 19.0 Å². The van der Waals surface area contributed by atoms with E-state index < -0.39 is 0 Å². The van der Waals surface area contributed by atoms with Crippen LogP contribution in [-0.4, -0.2) is 23.3 Å². The van der Waals surface area contributed by atoms with Crippen LogP contribution in [0.3, 0.4) is 0 Å². The lowest BCUT2D eigenvalue weighted by molar-refractivity contribution is 0.163. The number of ether oxygens (including phenoxy) is 1. The van der Waals surface area contributed by atoms with Gasteiger partial charge in [-0.15, -0.1) is 0 Å². The lowest BCUT2D eigenvalue weighted by Gasteiger charge is -2.16. The van der Waals surface area contributed by atoms with Crippen molar-refractivity contribution in [1.29, 1.82) is 0 Å². The average molecular weight is 259 g/mol. The molecule has 0 bridgehead atoms. The van der Waals surface area contributed by atoms with Crippen LogP contribution >= 0.6 is 0 Å². The minimum absolute atomic E-state index is 0.254. The van der Waals surface area contributed by atoms with Gasteiger partial charge in [0.05, 0.1) is 12.6 Å². The van der Waals surface area contributed by atoms with E-state index in [1.807, 2.05) is 6.20 Å². The molecule has 1 heterocycles. The molecule has 0 aliphatic heterocycles. The first kappa shape index (κ1) is 13.6. The van der Waals surface area contributed by atoms with E-state index in [9.17, 15) is 0 Å². The van der Waals surface area contributed by atoms with E-state index in [0.29, 0.717) is 6.61 Å². The zero-order chi connectivity index (χ0) is 13.7. The second-order valence-electron chi connectivity index (χ2n) is 4.64. The molecule has 1 aromatic carbocycles. The first-order valence-corrected chi connectivity index (χ1v) is 6.62. The van der Waals surface area contributed by atoms with Crippen molar-refractivity contribution >= 4 is 11.6 Å². The van der Waals surface area contributed by atoms with Crippen molar-refractivity contribution in [3.05, 3.63) is 42.2 Å². The van der Waals surface area contributed by atoms with Crippen LogP contribution in [0.5, 0.6) is 0 Å². The molecule has 19 heavy (non-hydrogen) atoms. The number of anilines is 2. The molecule has 0 amide bonds. The van der Waals surface area contributed by atoms with Crippen molar-refractivity contribution in [2.24, 2.45) is 0 Å². The number of aryl methyl sites for hydroxylation is 1. The molecular formula is C15H21N3O. The summed E-state index contributed by atoms with van der Waals surface area (Å²) in [6.07, 6.45) is 4.80. The third kappa shape index (κ3) is 3.35. The maximum atomic E-state index is 5.19. The molecule has 1 N–H and O–H groups in total. The third-order valence-corrected chi connectivity index (χ3v) is 3.14. The molecule has 1 atom stereocenters. The van der Waals surface area contributed by atoms with Gasteiger partial charge in [0, 0.05) is 25.2 Å². The Labute approximate surface area is 114 Å². The standard InChI is InChI=1S/C15H21N3O/c1-4-13-6-5-7-14(10-13)17-15-16-8-9-18(15)12(2)11-19-3/h5-10,12H,4,11H2,1-3H3,(H,16,17). The summed E-state index contributed by atoms with van der Waals surface area (Å²) in [4.78, 5) is 4.37. The Kier molecular flexibility index (Phi) is 4.58. The fourth-order valence-electron chi connectivity index (χ4n) is 2.09. The monoisotopic (exact) mass is 259 g/mol. The number of aromatic nitrogens is 2. The average Bonchev–Trinajstić information content (AvgIpc) is 2.87. The van der Waals surface area contributed by atoms with E-state index in [2.05, 4.69) is 53.0 Å². The Bertz CT molecular complexity index is 522. The Morgan fingerprint density at radius 1 is 1.42 bits per heavy atom. The molecule has 0 fully saturated rings. The first-order chi connectivity index (χ1) is 9.24. The molecule has 0 saturated heterocycles. The van der Waals surface area contributed by atoms with Crippen LogP contribution in [0.2, 0.25) is 0 Å². The summed E-state index contributed by atoms with van der Waals surface area (Å²) in [5, 5.41) is 3.36. The second kappa shape index (κ2) is 6.38. The maximum Gasteiger partial charge on any atom is 0.207 e. The second-order valence-corrected chi connectivity index (χ2v) is 4.64. The molecule has 4 heteroatoms. The summed E-state index contributed by atoms with van der Waals surface area (Å²) in [5.41, 5.74) is 2.38. The summed E-state index contributed by atoms with van der Waals surface area (Å²) in [6.45, 7) is 4.93. The fourth-order valence-corrected chi connectivity index (χ4v) is 2.09. The minimum Gasteiger partial charge on any atom is -0.383 e. The summed E-state index contributed by atoms with van der Waals surface area (Å²) in [6, 6.07) is 8.65. The van der Waals surface area contributed by atoms with Crippen LogP contribution in [0.1, 0.15) is 25.5 Å². The Balaban J connectivity index is 2.16. The van der Waals surface area contributed by atoms with Crippen molar-refractivity contribution in [3.8, 4) is 0 Å². The van der Waals surface area contributed by atoms with Gasteiger partial charge >= 0.3 is 0 Å². The zero-order valence-corrected chi connectivity index (χ0v) is 11.8. The molecule has 0 saturated carbocycles. The van der Waals surface area contributed by atoms with Gasteiger partial charge < -0.3 is 14.6 Å². The number of methoxy groups -OCH3 is 1. The minimum atomic E-state index is 0.254. The van der Waals surface area contributed by atoms with E-state index in [1.165, 1.54) is 5.56 Å². The van der Waals surface area contributed by atoms with Crippen LogP contribution in [0.25, 0.3) is 0 Å². The number of benzene rings is 1. The van der Waals surface area contributed by atoms with Crippen LogP contribution in [0.15, 0.2) is 36.7 Å². The van der Waals surface area contributed by atoms with E-state index in [-0.39, 0.29) is 6.04 Å². The van der Waals surface area contributed by atoms with E-state index in [0.717, 1.165) is 18.1 Å². The van der Waals surface area contributed by atoms with Crippen molar-refractivity contribution in [1.82, 2.24) is 9.55 Å². The highest BCUT2D eigenvalue weighted by Crippen LogP contribution is 2.20. The van der Waals surface area contributed by atoms with Crippen LogP contribution in [-0.2, 0) is 11.2 Å². The molecule has 4 nitrogen and oxygen atoms in total. The number of nitrogens with zero attached hydrogens (tertiary/aromatic N) is 2. The molecule has 0 aliphatic rings. The highest BCUT2D eigenvalue weighted by Gasteiger charge is 2.09. The third-order valence-electron chi connectivity index (χ3n) is 3.14. The quantitative estimate of drug-likeness (QED) is 0.864. The number of nitrogens with one attached hydrogen (secondary N) is 1. The van der Waals surface area contributed by atoms with Crippen LogP contribution in [0, 0.1) is 0 Å². The summed E-state index contributed by atoms with van der Waals surface area (Å²) in [7, 11) is 1.71. The Morgan fingerprint density at radius 2 is 2.26 bits per heavy atom.